The summed E-state index contributed by atoms with van der Waals surface area (Å²) in [5, 5.41) is 3.59. The molecular weight excluding hydrogens is 392 g/mol. The first-order valence-corrected chi connectivity index (χ1v) is 9.55. The van der Waals surface area contributed by atoms with Crippen LogP contribution in [0.25, 0.3) is 10.6 Å². The second-order valence-electron chi connectivity index (χ2n) is 6.02. The maximum Gasteiger partial charge on any atom is 0.267 e. The molecule has 1 amide bonds. The molecule has 3 rings (SSSR count). The summed E-state index contributed by atoms with van der Waals surface area (Å²) in [5.41, 5.74) is 2.00. The molecule has 0 saturated heterocycles. The van der Waals surface area contributed by atoms with Crippen molar-refractivity contribution in [3.05, 3.63) is 47.0 Å². The molecule has 7 nitrogen and oxygen atoms in total. The van der Waals surface area contributed by atoms with Crippen LogP contribution in [0, 0.1) is 6.92 Å². The second kappa shape index (κ2) is 8.83. The summed E-state index contributed by atoms with van der Waals surface area (Å²) in [6, 6.07) is 10.7. The van der Waals surface area contributed by atoms with Gasteiger partial charge in [0.2, 0.25) is 0 Å². The molecule has 0 radical (unpaired) electrons. The highest BCUT2D eigenvalue weighted by molar-refractivity contribution is 7.17. The summed E-state index contributed by atoms with van der Waals surface area (Å²) in [7, 11) is 6.27. The van der Waals surface area contributed by atoms with Crippen LogP contribution in [-0.2, 0) is 0 Å². The number of aryl methyl sites for hydroxylation is 1. The highest BCUT2D eigenvalue weighted by atomic mass is 32.1. The molecule has 1 aromatic heterocycles. The highest BCUT2D eigenvalue weighted by Gasteiger charge is 2.19. The molecule has 0 unspecified atom stereocenters. The zero-order valence-corrected chi connectivity index (χ0v) is 17.7. The van der Waals surface area contributed by atoms with Gasteiger partial charge in [-0.1, -0.05) is 0 Å². The van der Waals surface area contributed by atoms with Crippen LogP contribution in [0.4, 0.5) is 5.69 Å². The van der Waals surface area contributed by atoms with E-state index in [1.54, 1.807) is 53.6 Å². The van der Waals surface area contributed by atoms with Crippen LogP contribution in [0.1, 0.15) is 15.4 Å². The number of methoxy groups -OCH3 is 4. The van der Waals surface area contributed by atoms with Crippen LogP contribution in [0.15, 0.2) is 36.4 Å². The van der Waals surface area contributed by atoms with E-state index in [0.717, 1.165) is 5.56 Å². The molecule has 29 heavy (non-hydrogen) atoms. The Morgan fingerprint density at radius 3 is 2.24 bits per heavy atom. The van der Waals surface area contributed by atoms with E-state index in [-0.39, 0.29) is 5.91 Å². The summed E-state index contributed by atoms with van der Waals surface area (Å²) < 4.78 is 21.2. The molecular formula is C21H22N2O5S. The number of carbonyl (C=O) groups is 1. The Labute approximate surface area is 173 Å². The number of carbonyl (C=O) groups excluding carboxylic acids is 1. The summed E-state index contributed by atoms with van der Waals surface area (Å²) in [4.78, 5) is 18.0. The first-order chi connectivity index (χ1) is 14.0. The number of rotatable bonds is 7. The monoisotopic (exact) mass is 414 g/mol. The van der Waals surface area contributed by atoms with Crippen molar-refractivity contribution in [2.24, 2.45) is 0 Å². The van der Waals surface area contributed by atoms with Crippen molar-refractivity contribution >= 4 is 22.9 Å². The van der Waals surface area contributed by atoms with Crippen molar-refractivity contribution in [3.8, 4) is 33.6 Å². The Kier molecular flexibility index (Phi) is 6.23. The molecule has 0 spiro atoms. The van der Waals surface area contributed by atoms with Crippen molar-refractivity contribution in [3.63, 3.8) is 0 Å². The van der Waals surface area contributed by atoms with Crippen LogP contribution in [0.3, 0.4) is 0 Å². The maximum absolute atomic E-state index is 12.9. The zero-order chi connectivity index (χ0) is 21.0. The third-order valence-electron chi connectivity index (χ3n) is 4.29. The van der Waals surface area contributed by atoms with E-state index >= 15 is 0 Å². The van der Waals surface area contributed by atoms with Gasteiger partial charge in [0.1, 0.15) is 21.4 Å². The summed E-state index contributed by atoms with van der Waals surface area (Å²) in [5.74, 6) is 2.13. The van der Waals surface area contributed by atoms with Gasteiger partial charge in [-0.15, -0.1) is 11.3 Å². The Morgan fingerprint density at radius 1 is 0.897 bits per heavy atom. The fourth-order valence-corrected chi connectivity index (χ4v) is 3.75. The van der Waals surface area contributed by atoms with Gasteiger partial charge >= 0.3 is 0 Å². The lowest BCUT2D eigenvalue weighted by Crippen LogP contribution is -2.12. The van der Waals surface area contributed by atoms with E-state index in [2.05, 4.69) is 10.3 Å². The van der Waals surface area contributed by atoms with Gasteiger partial charge in [0.05, 0.1) is 39.8 Å². The molecule has 0 atom stereocenters. The fraction of sp³-hybridized carbons (Fsp3) is 0.238. The third-order valence-corrected chi connectivity index (χ3v) is 5.49. The van der Waals surface area contributed by atoms with E-state index in [4.69, 9.17) is 18.9 Å². The Morgan fingerprint density at radius 2 is 1.59 bits per heavy atom. The Balaban J connectivity index is 1.90. The van der Waals surface area contributed by atoms with Crippen molar-refractivity contribution in [2.45, 2.75) is 6.92 Å². The van der Waals surface area contributed by atoms with Gasteiger partial charge in [-0.25, -0.2) is 4.98 Å². The molecule has 2 aromatic carbocycles. The zero-order valence-electron chi connectivity index (χ0n) is 16.9. The van der Waals surface area contributed by atoms with Crippen LogP contribution >= 0.6 is 11.3 Å². The molecule has 0 aliphatic rings. The lowest BCUT2D eigenvalue weighted by molar-refractivity contribution is 0.102. The van der Waals surface area contributed by atoms with Gasteiger partial charge in [-0.3, -0.25) is 4.79 Å². The molecule has 3 aromatic rings. The number of aromatic nitrogens is 1. The first-order valence-electron chi connectivity index (χ1n) is 8.74. The van der Waals surface area contributed by atoms with Crippen molar-refractivity contribution in [2.75, 3.05) is 33.8 Å². The minimum atomic E-state index is -0.265. The van der Waals surface area contributed by atoms with Crippen molar-refractivity contribution in [1.82, 2.24) is 4.98 Å². The van der Waals surface area contributed by atoms with E-state index < -0.39 is 0 Å². The largest absolute Gasteiger partial charge is 0.497 e. The standard InChI is InChI=1S/C21H22N2O5S/c1-12-19(20(24)23-15-11-14(25-2)7-9-16(15)26-3)29-21(22-12)13-6-8-17(27-4)18(10-13)28-5/h6-11H,1-5H3,(H,23,24). The molecule has 1 heterocycles. The summed E-state index contributed by atoms with van der Waals surface area (Å²) >= 11 is 1.30. The molecule has 1 N–H and O–H groups in total. The number of benzene rings is 2. The Hall–Kier alpha value is -3.26. The van der Waals surface area contributed by atoms with Gasteiger partial charge in [0, 0.05) is 11.6 Å². The number of hydrogen-bond donors (Lipinski definition) is 1. The van der Waals surface area contributed by atoms with E-state index in [9.17, 15) is 4.79 Å². The minimum Gasteiger partial charge on any atom is -0.497 e. The molecule has 0 bridgehead atoms. The maximum atomic E-state index is 12.9. The lowest BCUT2D eigenvalue weighted by Gasteiger charge is -2.11. The van der Waals surface area contributed by atoms with Crippen LogP contribution in [0.5, 0.6) is 23.0 Å². The SMILES string of the molecule is COc1ccc(OC)c(NC(=O)c2sc(-c3ccc(OC)c(OC)c3)nc2C)c1. The third kappa shape index (κ3) is 4.27. The average molecular weight is 414 g/mol. The van der Waals surface area contributed by atoms with Crippen LogP contribution in [-0.4, -0.2) is 39.3 Å². The molecule has 0 fully saturated rings. The fourth-order valence-electron chi connectivity index (χ4n) is 2.79. The van der Waals surface area contributed by atoms with Gasteiger partial charge in [-0.2, -0.15) is 0 Å². The van der Waals surface area contributed by atoms with Crippen LogP contribution < -0.4 is 24.3 Å². The van der Waals surface area contributed by atoms with E-state index in [1.165, 1.54) is 11.3 Å². The molecule has 8 heteroatoms. The average Bonchev–Trinajstić information content (AvgIpc) is 3.14. The Bertz CT molecular complexity index is 1030. The van der Waals surface area contributed by atoms with Crippen LogP contribution in [0.2, 0.25) is 0 Å². The first kappa shape index (κ1) is 20.5. The number of amides is 1. The predicted molar refractivity (Wildman–Crippen MR) is 113 cm³/mol. The van der Waals surface area contributed by atoms with Gasteiger partial charge in [0.15, 0.2) is 11.5 Å². The number of hydrogen-bond acceptors (Lipinski definition) is 7. The summed E-state index contributed by atoms with van der Waals surface area (Å²) in [6.07, 6.45) is 0. The smallest absolute Gasteiger partial charge is 0.267 e. The van der Waals surface area contributed by atoms with Gasteiger partial charge < -0.3 is 24.3 Å². The molecule has 0 saturated carbocycles. The predicted octanol–water partition coefficient (Wildman–Crippen LogP) is 4.41. The summed E-state index contributed by atoms with van der Waals surface area (Å²) in [6.45, 7) is 1.80. The number of anilines is 1. The number of nitrogens with one attached hydrogen (secondary N) is 1. The lowest BCUT2D eigenvalue weighted by atomic mass is 10.2. The molecule has 152 valence electrons. The second-order valence-corrected chi connectivity index (χ2v) is 7.02. The van der Waals surface area contributed by atoms with Gasteiger partial charge in [0.25, 0.3) is 5.91 Å². The van der Waals surface area contributed by atoms with E-state index in [1.807, 2.05) is 18.2 Å². The highest BCUT2D eigenvalue weighted by Crippen LogP contribution is 2.36. The van der Waals surface area contributed by atoms with Crippen molar-refractivity contribution < 1.29 is 23.7 Å². The van der Waals surface area contributed by atoms with Gasteiger partial charge in [-0.05, 0) is 37.3 Å². The van der Waals surface area contributed by atoms with E-state index in [0.29, 0.717) is 44.3 Å². The quantitative estimate of drug-likeness (QED) is 0.617. The normalized spacial score (nSPS) is 10.4. The molecule has 0 aliphatic heterocycles. The molecule has 0 aliphatic carbocycles. The van der Waals surface area contributed by atoms with Crippen molar-refractivity contribution in [1.29, 1.82) is 0 Å². The topological polar surface area (TPSA) is 78.9 Å². The number of ether oxygens (including phenoxy) is 4. The number of nitrogens with zero attached hydrogens (tertiary/aromatic N) is 1. The number of thiazole rings is 1. The minimum absolute atomic E-state index is 0.265.